The van der Waals surface area contributed by atoms with Crippen LogP contribution in [0, 0.1) is 11.3 Å². The molecular formula is C24H28BrNO5. The first-order valence-corrected chi connectivity index (χ1v) is 11.6. The molecule has 6 nitrogen and oxygen atoms in total. The first kappa shape index (κ1) is 22.1. The summed E-state index contributed by atoms with van der Waals surface area (Å²) in [5, 5.41) is 0. The van der Waals surface area contributed by atoms with Gasteiger partial charge in [0.05, 0.1) is 6.61 Å². The van der Waals surface area contributed by atoms with E-state index < -0.39 is 11.8 Å². The van der Waals surface area contributed by atoms with E-state index in [4.69, 9.17) is 19.2 Å². The molecule has 1 unspecified atom stereocenters. The number of unbranched alkanes of at least 4 members (excludes halogenated alkanes) is 1. The van der Waals surface area contributed by atoms with Crippen LogP contribution in [0.1, 0.15) is 64.9 Å². The molecule has 7 heteroatoms. The predicted octanol–water partition coefficient (Wildman–Crippen LogP) is 5.34. The maximum absolute atomic E-state index is 13.4. The van der Waals surface area contributed by atoms with Crippen LogP contribution < -0.4 is 9.47 Å². The van der Waals surface area contributed by atoms with Crippen molar-refractivity contribution in [3.63, 3.8) is 0 Å². The van der Waals surface area contributed by atoms with Gasteiger partial charge in [0.15, 0.2) is 17.3 Å². The van der Waals surface area contributed by atoms with Crippen molar-refractivity contribution in [2.75, 3.05) is 13.4 Å². The summed E-state index contributed by atoms with van der Waals surface area (Å²) in [5.74, 6) is -0.171. The molecule has 0 aromatic heterocycles. The predicted molar refractivity (Wildman–Crippen MR) is 121 cm³/mol. The second-order valence-electron chi connectivity index (χ2n) is 9.26. The molecule has 0 N–H and O–H groups in total. The summed E-state index contributed by atoms with van der Waals surface area (Å²) in [6.45, 7) is 8.58. The van der Waals surface area contributed by atoms with Gasteiger partial charge in [-0.15, -0.1) is 0 Å². The minimum atomic E-state index is -0.655. The maximum atomic E-state index is 13.4. The van der Waals surface area contributed by atoms with Crippen LogP contribution in [0.15, 0.2) is 32.9 Å². The van der Waals surface area contributed by atoms with E-state index in [1.807, 2.05) is 26.0 Å². The number of ketones is 1. The minimum Gasteiger partial charge on any atom is -0.465 e. The zero-order valence-electron chi connectivity index (χ0n) is 18.4. The number of nitrogens with zero attached hydrogens (tertiary/aromatic N) is 1. The van der Waals surface area contributed by atoms with E-state index >= 15 is 0 Å². The second kappa shape index (κ2) is 8.41. The molecule has 3 aliphatic rings. The third-order valence-electron chi connectivity index (χ3n) is 6.13. The standard InChI is InChI=1S/C24H28BrNO5/c1-5-6-7-29-23(28)20-13(2)26-16-10-24(3,4)11-17(27)22(16)21(20)14-8-18-19(9-15(14)25)31-12-30-18/h8-9,20-21H,5-7,10-12H2,1-4H3/t20?,21-/m0/s1. The van der Waals surface area contributed by atoms with Gasteiger partial charge in [-0.05, 0) is 42.9 Å². The number of hydrogen-bond donors (Lipinski definition) is 0. The number of aliphatic imine (C=N–C) groups is 1. The summed E-state index contributed by atoms with van der Waals surface area (Å²) in [6, 6.07) is 3.72. The van der Waals surface area contributed by atoms with Crippen molar-refractivity contribution in [1.82, 2.24) is 0 Å². The Kier molecular flexibility index (Phi) is 5.99. The highest BCUT2D eigenvalue weighted by atomic mass is 79.9. The molecule has 0 amide bonds. The molecular weight excluding hydrogens is 462 g/mol. The van der Waals surface area contributed by atoms with Crippen molar-refractivity contribution < 1.29 is 23.8 Å². The Morgan fingerprint density at radius 2 is 1.97 bits per heavy atom. The average Bonchev–Trinajstić information content (AvgIpc) is 3.12. The Morgan fingerprint density at radius 1 is 1.26 bits per heavy atom. The lowest BCUT2D eigenvalue weighted by Crippen LogP contribution is -2.39. The molecule has 0 spiro atoms. The Morgan fingerprint density at radius 3 is 2.68 bits per heavy atom. The van der Waals surface area contributed by atoms with Crippen molar-refractivity contribution in [2.24, 2.45) is 16.3 Å². The fourth-order valence-corrected chi connectivity index (χ4v) is 5.23. The Balaban J connectivity index is 1.83. The van der Waals surface area contributed by atoms with Crippen LogP contribution in [0.2, 0.25) is 0 Å². The van der Waals surface area contributed by atoms with Crippen molar-refractivity contribution in [1.29, 1.82) is 0 Å². The summed E-state index contributed by atoms with van der Waals surface area (Å²) in [7, 11) is 0. The highest BCUT2D eigenvalue weighted by Crippen LogP contribution is 2.51. The van der Waals surface area contributed by atoms with Crippen LogP contribution in [0.5, 0.6) is 11.5 Å². The number of allylic oxidation sites excluding steroid dienone is 2. The highest BCUT2D eigenvalue weighted by Gasteiger charge is 2.47. The molecule has 2 atom stereocenters. The number of ether oxygens (including phenoxy) is 3. The van der Waals surface area contributed by atoms with Crippen molar-refractivity contribution in [2.45, 2.75) is 59.3 Å². The number of carbonyl (C=O) groups is 2. The van der Waals surface area contributed by atoms with E-state index in [1.165, 1.54) is 0 Å². The number of benzene rings is 1. The van der Waals surface area contributed by atoms with Gasteiger partial charge < -0.3 is 14.2 Å². The zero-order chi connectivity index (χ0) is 22.3. The molecule has 0 bridgehead atoms. The van der Waals surface area contributed by atoms with Gasteiger partial charge in [0, 0.05) is 33.8 Å². The van der Waals surface area contributed by atoms with Gasteiger partial charge >= 0.3 is 5.97 Å². The van der Waals surface area contributed by atoms with Gasteiger partial charge in [-0.2, -0.15) is 0 Å². The molecule has 0 fully saturated rings. The van der Waals surface area contributed by atoms with Crippen LogP contribution in [-0.4, -0.2) is 30.9 Å². The van der Waals surface area contributed by atoms with Crippen molar-refractivity contribution in [3.8, 4) is 11.5 Å². The highest BCUT2D eigenvalue weighted by molar-refractivity contribution is 9.10. The quantitative estimate of drug-likeness (QED) is 0.412. The topological polar surface area (TPSA) is 74.2 Å². The zero-order valence-corrected chi connectivity index (χ0v) is 20.0. The van der Waals surface area contributed by atoms with E-state index in [2.05, 4.69) is 29.8 Å². The Labute approximate surface area is 191 Å². The van der Waals surface area contributed by atoms with Crippen LogP contribution in [0.4, 0.5) is 0 Å². The molecule has 166 valence electrons. The fraction of sp³-hybridized carbons (Fsp3) is 0.542. The van der Waals surface area contributed by atoms with Gasteiger partial charge in [-0.3, -0.25) is 14.6 Å². The molecule has 1 aromatic carbocycles. The van der Waals surface area contributed by atoms with E-state index in [0.717, 1.165) is 28.6 Å². The number of Topliss-reactive ketones (excluding diaryl/α,β-unsaturated/α-hetero) is 1. The molecule has 0 radical (unpaired) electrons. The monoisotopic (exact) mass is 489 g/mol. The number of halogens is 1. The van der Waals surface area contributed by atoms with Crippen LogP contribution >= 0.6 is 15.9 Å². The number of fused-ring (bicyclic) bond motifs is 1. The largest absolute Gasteiger partial charge is 0.465 e. The molecule has 1 aromatic rings. The first-order chi connectivity index (χ1) is 14.7. The minimum absolute atomic E-state index is 0.0448. The van der Waals surface area contributed by atoms with Gasteiger partial charge in [-0.25, -0.2) is 0 Å². The van der Waals surface area contributed by atoms with E-state index in [-0.39, 0.29) is 24.0 Å². The Bertz CT molecular complexity index is 994. The summed E-state index contributed by atoms with van der Waals surface area (Å²) < 4.78 is 17.5. The van der Waals surface area contributed by atoms with Gasteiger partial charge in [0.25, 0.3) is 0 Å². The summed E-state index contributed by atoms with van der Waals surface area (Å²) >= 11 is 3.64. The lowest BCUT2D eigenvalue weighted by Gasteiger charge is -2.39. The Hall–Kier alpha value is -2.15. The first-order valence-electron chi connectivity index (χ1n) is 10.8. The van der Waals surface area contributed by atoms with E-state index in [0.29, 0.717) is 42.2 Å². The lowest BCUT2D eigenvalue weighted by molar-refractivity contribution is -0.146. The fourth-order valence-electron chi connectivity index (χ4n) is 4.66. The summed E-state index contributed by atoms with van der Waals surface area (Å²) in [5.41, 5.74) is 2.75. The lowest BCUT2D eigenvalue weighted by atomic mass is 9.67. The molecule has 2 heterocycles. The average molecular weight is 490 g/mol. The third-order valence-corrected chi connectivity index (χ3v) is 6.81. The van der Waals surface area contributed by atoms with Crippen LogP contribution in [0.3, 0.4) is 0 Å². The third kappa shape index (κ3) is 4.16. The number of rotatable bonds is 5. The number of carbonyl (C=O) groups excluding carboxylic acids is 2. The SMILES string of the molecule is CCCCOC(=O)C1C(C)=NC2=C(C(=O)CC(C)(C)C2)[C@H]1c1cc2c(cc1Br)OCO2. The van der Waals surface area contributed by atoms with Crippen molar-refractivity contribution >= 4 is 33.4 Å². The van der Waals surface area contributed by atoms with E-state index in [9.17, 15) is 9.59 Å². The molecule has 31 heavy (non-hydrogen) atoms. The normalized spacial score (nSPS) is 24.0. The van der Waals surface area contributed by atoms with Crippen molar-refractivity contribution in [3.05, 3.63) is 33.4 Å². The van der Waals surface area contributed by atoms with Gasteiger partial charge in [0.2, 0.25) is 6.79 Å². The van der Waals surface area contributed by atoms with Crippen LogP contribution in [-0.2, 0) is 14.3 Å². The van der Waals surface area contributed by atoms with Gasteiger partial charge in [0.1, 0.15) is 5.92 Å². The second-order valence-corrected chi connectivity index (χ2v) is 10.1. The number of hydrogen-bond acceptors (Lipinski definition) is 6. The molecule has 0 saturated carbocycles. The van der Waals surface area contributed by atoms with Gasteiger partial charge in [-0.1, -0.05) is 43.1 Å². The van der Waals surface area contributed by atoms with E-state index in [1.54, 1.807) is 0 Å². The molecule has 0 saturated heterocycles. The maximum Gasteiger partial charge on any atom is 0.315 e. The van der Waals surface area contributed by atoms with Crippen LogP contribution in [0.25, 0.3) is 0 Å². The molecule has 4 rings (SSSR count). The summed E-state index contributed by atoms with van der Waals surface area (Å²) in [4.78, 5) is 31.3. The molecule has 2 aliphatic heterocycles. The molecule has 1 aliphatic carbocycles. The number of esters is 1. The summed E-state index contributed by atoms with van der Waals surface area (Å²) in [6.07, 6.45) is 2.86. The smallest absolute Gasteiger partial charge is 0.315 e.